The molecule has 2 aromatic heterocycles. The van der Waals surface area contributed by atoms with Crippen molar-refractivity contribution < 1.29 is 39.1 Å². The van der Waals surface area contributed by atoms with Crippen molar-refractivity contribution in [1.82, 2.24) is 30.2 Å². The quantitative estimate of drug-likeness (QED) is 0.262. The number of hydrogen-bond donors (Lipinski definition) is 6. The molecule has 0 saturated carbocycles. The number of aliphatic hydroxyl groups is 3. The number of likely N-dealkylation sites (tertiary alicyclic amines) is 1. The Morgan fingerprint density at radius 2 is 2.00 bits per heavy atom. The molecule has 6 N–H and O–H groups in total. The van der Waals surface area contributed by atoms with Gasteiger partial charge in [-0.15, -0.1) is 0 Å². The molecular weight excluding hydrogens is 490 g/mol. The molecule has 204 valence electrons. The van der Waals surface area contributed by atoms with Gasteiger partial charge in [-0.3, -0.25) is 9.69 Å². The van der Waals surface area contributed by atoms with Gasteiger partial charge < -0.3 is 45.1 Å². The molecule has 0 radical (unpaired) electrons. The topological polar surface area (TPSA) is 204 Å². The van der Waals surface area contributed by atoms with Crippen molar-refractivity contribution in [3.05, 3.63) is 12.7 Å². The number of imidazole rings is 1. The Morgan fingerprint density at radius 1 is 1.24 bits per heavy atom. The van der Waals surface area contributed by atoms with Crippen LogP contribution in [0.5, 0.6) is 0 Å². The molecule has 15 nitrogen and oxygen atoms in total. The van der Waals surface area contributed by atoms with Crippen LogP contribution >= 0.6 is 0 Å². The van der Waals surface area contributed by atoms with Gasteiger partial charge in [0.15, 0.2) is 17.7 Å². The summed E-state index contributed by atoms with van der Waals surface area (Å²) in [7, 11) is 1.43. The highest BCUT2D eigenvalue weighted by molar-refractivity contribution is 5.87. The largest absolute Gasteiger partial charge is 0.444 e. The third-order valence-corrected chi connectivity index (χ3v) is 6.28. The number of amides is 2. The van der Waals surface area contributed by atoms with Gasteiger partial charge in [0.05, 0.1) is 25.1 Å². The monoisotopic (exact) mass is 523 g/mol. The summed E-state index contributed by atoms with van der Waals surface area (Å²) in [6, 6.07) is -2.24. The fourth-order valence-electron chi connectivity index (χ4n) is 4.52. The van der Waals surface area contributed by atoms with Crippen LogP contribution in [0.25, 0.3) is 11.2 Å². The first-order chi connectivity index (χ1) is 17.5. The molecule has 2 amide bonds. The third kappa shape index (κ3) is 5.60. The normalized spacial score (nSPS) is 30.4. The Bertz CT molecular complexity index is 1110. The highest BCUT2D eigenvalue weighted by Gasteiger charge is 2.49. The van der Waals surface area contributed by atoms with Crippen LogP contribution < -0.4 is 10.6 Å². The van der Waals surface area contributed by atoms with Gasteiger partial charge in [0.2, 0.25) is 5.91 Å². The molecule has 0 aliphatic carbocycles. The average Bonchev–Trinajstić information content (AvgIpc) is 3.50. The van der Waals surface area contributed by atoms with Gasteiger partial charge in [-0.2, -0.15) is 0 Å². The van der Waals surface area contributed by atoms with Crippen molar-refractivity contribution in [2.24, 2.45) is 0 Å². The Hall–Kier alpha value is -3.11. The second-order valence-corrected chi connectivity index (χ2v) is 9.94. The number of nitrogens with one attached hydrogen (secondary N) is 3. The molecule has 2 aliphatic rings. The number of carbonyl (C=O) groups is 2. The van der Waals surface area contributed by atoms with Gasteiger partial charge in [-0.1, -0.05) is 0 Å². The predicted molar refractivity (Wildman–Crippen MR) is 127 cm³/mol. The minimum atomic E-state index is -1.54. The number of nitrogens with zero attached hydrogens (tertiary/aromatic N) is 4. The number of anilines is 1. The van der Waals surface area contributed by atoms with Gasteiger partial charge in [0, 0.05) is 13.7 Å². The van der Waals surface area contributed by atoms with Gasteiger partial charge in [-0.05, 0) is 27.2 Å². The number of hydrogen-bond acceptors (Lipinski definition) is 12. The summed E-state index contributed by atoms with van der Waals surface area (Å²) in [4.78, 5) is 42.4. The summed E-state index contributed by atoms with van der Waals surface area (Å²) in [6.45, 7) is 4.81. The molecule has 0 spiro atoms. The highest BCUT2D eigenvalue weighted by atomic mass is 16.6. The van der Waals surface area contributed by atoms with Gasteiger partial charge in [0.25, 0.3) is 0 Å². The molecular formula is C22H33N7O8. The lowest BCUT2D eigenvalue weighted by atomic mass is 9.94. The Labute approximate surface area is 212 Å². The van der Waals surface area contributed by atoms with E-state index in [0.717, 1.165) is 0 Å². The summed E-state index contributed by atoms with van der Waals surface area (Å²) in [6.07, 6.45) is -3.54. The fraction of sp³-hybridized carbons (Fsp3) is 0.682. The first kappa shape index (κ1) is 26.9. The van der Waals surface area contributed by atoms with Crippen LogP contribution in [0, 0.1) is 0 Å². The van der Waals surface area contributed by atoms with Gasteiger partial charge in [0.1, 0.15) is 41.8 Å². The first-order valence-corrected chi connectivity index (χ1v) is 11.9. The van der Waals surface area contributed by atoms with E-state index in [-0.39, 0.29) is 12.4 Å². The molecule has 0 bridgehead atoms. The average molecular weight is 524 g/mol. The zero-order chi connectivity index (χ0) is 26.9. The number of fused-ring (bicyclic) bond motifs is 1. The predicted octanol–water partition coefficient (Wildman–Crippen LogP) is -1.29. The van der Waals surface area contributed by atoms with Crippen LogP contribution in [0.2, 0.25) is 0 Å². The fourth-order valence-corrected chi connectivity index (χ4v) is 4.52. The summed E-state index contributed by atoms with van der Waals surface area (Å²) in [5.41, 5.74) is 0.0692. The van der Waals surface area contributed by atoms with E-state index in [9.17, 15) is 24.9 Å². The number of methoxy groups -OCH3 is 1. The lowest BCUT2D eigenvalue weighted by Gasteiger charge is -2.43. The van der Waals surface area contributed by atoms with Gasteiger partial charge >= 0.3 is 6.09 Å². The van der Waals surface area contributed by atoms with Crippen molar-refractivity contribution in [3.63, 3.8) is 0 Å². The van der Waals surface area contributed by atoms with E-state index in [1.165, 1.54) is 24.7 Å². The summed E-state index contributed by atoms with van der Waals surface area (Å²) >= 11 is 0. The highest BCUT2D eigenvalue weighted by Crippen LogP contribution is 2.27. The van der Waals surface area contributed by atoms with Crippen molar-refractivity contribution in [2.45, 2.75) is 75.5 Å². The minimum absolute atomic E-state index is 0.230. The molecule has 0 unspecified atom stereocenters. The molecule has 2 saturated heterocycles. The van der Waals surface area contributed by atoms with Crippen LogP contribution in [0.3, 0.4) is 0 Å². The van der Waals surface area contributed by atoms with E-state index in [0.29, 0.717) is 17.6 Å². The number of carbonyl (C=O) groups excluding carboxylic acids is 2. The maximum Gasteiger partial charge on any atom is 0.411 e. The smallest absolute Gasteiger partial charge is 0.411 e. The molecule has 2 aromatic rings. The summed E-state index contributed by atoms with van der Waals surface area (Å²) in [5, 5.41) is 37.2. The lowest BCUT2D eigenvalue weighted by Crippen LogP contribution is -2.67. The number of rotatable bonds is 6. The number of ether oxygens (including phenoxy) is 3. The van der Waals surface area contributed by atoms with Crippen molar-refractivity contribution in [2.75, 3.05) is 25.6 Å². The molecule has 15 heteroatoms. The first-order valence-electron chi connectivity index (χ1n) is 11.9. The Kier molecular flexibility index (Phi) is 7.80. The Balaban J connectivity index is 1.49. The maximum atomic E-state index is 13.4. The molecule has 2 fully saturated rings. The van der Waals surface area contributed by atoms with E-state index in [1.807, 2.05) is 0 Å². The number of aromatic nitrogens is 4. The molecule has 0 aromatic carbocycles. The third-order valence-electron chi connectivity index (χ3n) is 6.28. The standard InChI is InChI=1S/C22H33N7O8/c1-22(2,3)37-21(34)29-6-5-10(35-4)14(29)19(33)27-12-11(7-30)36-20(16(32)15(12)31)28-18-13-17(24-8-23-13)25-9-26-18/h8-12,14-16,20,30-32H,5-7H2,1-4H3,(H,27,33)(H2,23,24,25,26,28)/t10-,11-,12-,14+,15+,16-,20-/m0/s1. The van der Waals surface area contributed by atoms with Crippen molar-refractivity contribution in [1.29, 1.82) is 0 Å². The van der Waals surface area contributed by atoms with E-state index >= 15 is 0 Å². The summed E-state index contributed by atoms with van der Waals surface area (Å²) in [5.74, 6) is -0.380. The SMILES string of the molecule is CO[C@H]1CCN(C(=O)OC(C)(C)C)[C@H]1C(=O)N[C@@H]1[C@@H](O)[C@H](O)[C@@H](Nc2ncnc3nc[nH]c23)O[C@H]1CO. The molecule has 2 aliphatic heterocycles. The maximum absolute atomic E-state index is 13.4. The zero-order valence-corrected chi connectivity index (χ0v) is 21.0. The van der Waals surface area contributed by atoms with Crippen LogP contribution in [-0.2, 0) is 19.0 Å². The Morgan fingerprint density at radius 3 is 2.68 bits per heavy atom. The van der Waals surface area contributed by atoms with E-state index in [4.69, 9.17) is 14.2 Å². The van der Waals surface area contributed by atoms with Crippen LogP contribution in [-0.4, -0.2) is 121 Å². The van der Waals surface area contributed by atoms with Crippen molar-refractivity contribution >= 4 is 29.0 Å². The van der Waals surface area contributed by atoms with Crippen LogP contribution in [0.1, 0.15) is 27.2 Å². The van der Waals surface area contributed by atoms with Crippen molar-refractivity contribution in [3.8, 4) is 0 Å². The van der Waals surface area contributed by atoms with Crippen LogP contribution in [0.15, 0.2) is 12.7 Å². The van der Waals surface area contributed by atoms with Crippen LogP contribution in [0.4, 0.5) is 10.6 Å². The van der Waals surface area contributed by atoms with E-state index in [2.05, 4.69) is 30.6 Å². The zero-order valence-electron chi connectivity index (χ0n) is 21.0. The van der Waals surface area contributed by atoms with E-state index in [1.54, 1.807) is 20.8 Å². The number of aliphatic hydroxyl groups excluding tert-OH is 3. The second-order valence-electron chi connectivity index (χ2n) is 9.94. The molecule has 4 rings (SSSR count). The van der Waals surface area contributed by atoms with E-state index < -0.39 is 66.9 Å². The number of H-pyrrole nitrogens is 1. The molecule has 37 heavy (non-hydrogen) atoms. The molecule has 4 heterocycles. The summed E-state index contributed by atoms with van der Waals surface area (Å²) < 4.78 is 16.7. The minimum Gasteiger partial charge on any atom is -0.444 e. The number of aromatic amines is 1. The molecule has 7 atom stereocenters. The lowest BCUT2D eigenvalue weighted by molar-refractivity contribution is -0.186. The van der Waals surface area contributed by atoms with Gasteiger partial charge in [-0.25, -0.2) is 19.7 Å². The second kappa shape index (κ2) is 10.7.